The quantitative estimate of drug-likeness (QED) is 0.294. The van der Waals surface area contributed by atoms with Gasteiger partial charge in [0.15, 0.2) is 10.3 Å². The first-order valence-corrected chi connectivity index (χ1v) is 10.8. The third-order valence-corrected chi connectivity index (χ3v) is 4.59. The number of rotatable bonds is 12. The first-order valence-electron chi connectivity index (χ1n) is 8.84. The van der Waals surface area contributed by atoms with Crippen molar-refractivity contribution in [1.29, 1.82) is 0 Å². The molecule has 0 aliphatic carbocycles. The predicted molar refractivity (Wildman–Crippen MR) is 111 cm³/mol. The van der Waals surface area contributed by atoms with E-state index in [9.17, 15) is 0 Å². The van der Waals surface area contributed by atoms with Gasteiger partial charge in [-0.1, -0.05) is 37.4 Å². The Hall–Kier alpha value is -1.92. The molecule has 148 valence electrons. The van der Waals surface area contributed by atoms with Gasteiger partial charge in [0.25, 0.3) is 0 Å². The van der Waals surface area contributed by atoms with Gasteiger partial charge in [0.05, 0.1) is 0 Å². The minimum Gasteiger partial charge on any atom is -0.368 e. The minimum atomic E-state index is 0.220. The summed E-state index contributed by atoms with van der Waals surface area (Å²) in [5.41, 5.74) is 11.3. The van der Waals surface area contributed by atoms with Crippen molar-refractivity contribution in [3.05, 3.63) is 5.82 Å². The highest BCUT2D eigenvalue weighted by Gasteiger charge is 2.08. The predicted octanol–water partition coefficient (Wildman–Crippen LogP) is 1.28. The first kappa shape index (κ1) is 21.4. The number of nitrogens with zero attached hydrogens (tertiary/aromatic N) is 6. The fraction of sp³-hybridized carbons (Fsp3) is 0.600. The van der Waals surface area contributed by atoms with Crippen molar-refractivity contribution < 1.29 is 0 Å². The number of hydrogen-bond acceptors (Lipinski definition) is 12. The van der Waals surface area contributed by atoms with E-state index in [1.165, 1.54) is 11.8 Å². The molecule has 2 rings (SSSR count). The van der Waals surface area contributed by atoms with E-state index in [-0.39, 0.29) is 5.95 Å². The van der Waals surface area contributed by atoms with Gasteiger partial charge in [-0.2, -0.15) is 24.9 Å². The topological polar surface area (TPSA) is 153 Å². The van der Waals surface area contributed by atoms with Crippen LogP contribution in [0.15, 0.2) is 10.3 Å². The molecule has 0 aliphatic heterocycles. The van der Waals surface area contributed by atoms with Crippen molar-refractivity contribution in [1.82, 2.24) is 29.9 Å². The number of nitrogens with one attached hydrogen (secondary N) is 2. The van der Waals surface area contributed by atoms with Crippen molar-refractivity contribution in [2.75, 3.05) is 47.5 Å². The molecule has 0 fully saturated rings. The van der Waals surface area contributed by atoms with E-state index in [2.05, 4.69) is 47.5 Å². The number of anilines is 3. The molecule has 0 radical (unpaired) electrons. The molecule has 2 heterocycles. The van der Waals surface area contributed by atoms with Crippen molar-refractivity contribution >= 4 is 41.4 Å². The van der Waals surface area contributed by atoms with Crippen LogP contribution in [0.2, 0.25) is 0 Å². The molecule has 0 amide bonds. The summed E-state index contributed by atoms with van der Waals surface area (Å²) < 4.78 is 0. The third kappa shape index (κ3) is 7.69. The molecular weight excluding hydrogens is 384 g/mol. The average molecular weight is 411 g/mol. The standard InChI is InChI=1S/C15H26N10S2/c1-3-26-14-21-10(20-12(24-14)19-9-7-16)6-5-8-18-13-22-11(17)23-15(25-13)27-4-2/h3-9,16H2,1-2H3,(H,19,20,21,24)(H3,17,18,22,23,25). The van der Waals surface area contributed by atoms with Crippen LogP contribution in [0.4, 0.5) is 17.8 Å². The highest BCUT2D eigenvalue weighted by molar-refractivity contribution is 7.99. The van der Waals surface area contributed by atoms with Crippen LogP contribution >= 0.6 is 23.5 Å². The van der Waals surface area contributed by atoms with Gasteiger partial charge >= 0.3 is 0 Å². The Morgan fingerprint density at radius 3 is 2.11 bits per heavy atom. The van der Waals surface area contributed by atoms with Crippen LogP contribution in [0, 0.1) is 0 Å². The summed E-state index contributed by atoms with van der Waals surface area (Å²) in [6.07, 6.45) is 1.53. The second kappa shape index (κ2) is 11.7. The van der Waals surface area contributed by atoms with E-state index in [4.69, 9.17) is 11.5 Å². The Bertz CT molecular complexity index is 715. The van der Waals surface area contributed by atoms with E-state index >= 15 is 0 Å². The second-order valence-electron chi connectivity index (χ2n) is 5.27. The molecule has 12 heteroatoms. The Morgan fingerprint density at radius 2 is 1.44 bits per heavy atom. The van der Waals surface area contributed by atoms with Crippen molar-refractivity contribution in [2.24, 2.45) is 5.73 Å². The lowest BCUT2D eigenvalue weighted by Crippen LogP contribution is -2.16. The fourth-order valence-corrected chi connectivity index (χ4v) is 3.20. The van der Waals surface area contributed by atoms with E-state index in [1.54, 1.807) is 11.8 Å². The maximum atomic E-state index is 5.73. The molecule has 10 nitrogen and oxygen atoms in total. The van der Waals surface area contributed by atoms with E-state index in [1.807, 2.05) is 6.92 Å². The van der Waals surface area contributed by atoms with Gasteiger partial charge in [0.2, 0.25) is 17.8 Å². The summed E-state index contributed by atoms with van der Waals surface area (Å²) in [6, 6.07) is 0. The number of aryl methyl sites for hydroxylation is 1. The number of nitrogen functional groups attached to an aromatic ring is 1. The van der Waals surface area contributed by atoms with Gasteiger partial charge < -0.3 is 22.1 Å². The smallest absolute Gasteiger partial charge is 0.228 e. The second-order valence-corrected chi connectivity index (χ2v) is 7.73. The Balaban J connectivity index is 1.91. The van der Waals surface area contributed by atoms with Crippen LogP contribution in [-0.2, 0) is 6.42 Å². The SMILES string of the molecule is CCSc1nc(N)nc(NCCCc2nc(NCCN)nc(SCC)n2)n1. The van der Waals surface area contributed by atoms with Gasteiger partial charge in [0.1, 0.15) is 5.82 Å². The molecule has 0 aliphatic rings. The average Bonchev–Trinajstić information content (AvgIpc) is 2.64. The highest BCUT2D eigenvalue weighted by atomic mass is 32.2. The zero-order chi connectivity index (χ0) is 19.5. The number of hydrogen-bond donors (Lipinski definition) is 4. The lowest BCUT2D eigenvalue weighted by molar-refractivity contribution is 0.748. The van der Waals surface area contributed by atoms with Crippen LogP contribution in [0.3, 0.4) is 0 Å². The van der Waals surface area contributed by atoms with Crippen molar-refractivity contribution in [3.63, 3.8) is 0 Å². The normalized spacial score (nSPS) is 10.8. The summed E-state index contributed by atoms with van der Waals surface area (Å²) >= 11 is 3.12. The Labute approximate surface area is 167 Å². The van der Waals surface area contributed by atoms with Crippen LogP contribution in [-0.4, -0.2) is 61.0 Å². The summed E-state index contributed by atoms with van der Waals surface area (Å²) in [4.78, 5) is 25.9. The van der Waals surface area contributed by atoms with Crippen LogP contribution < -0.4 is 22.1 Å². The Kier molecular flexibility index (Phi) is 9.28. The van der Waals surface area contributed by atoms with Crippen LogP contribution in [0.1, 0.15) is 26.1 Å². The monoisotopic (exact) mass is 410 g/mol. The van der Waals surface area contributed by atoms with Crippen molar-refractivity contribution in [2.45, 2.75) is 37.0 Å². The van der Waals surface area contributed by atoms with Crippen LogP contribution in [0.5, 0.6) is 0 Å². The molecular formula is C15H26N10S2. The van der Waals surface area contributed by atoms with E-state index in [0.29, 0.717) is 43.1 Å². The van der Waals surface area contributed by atoms with Crippen LogP contribution in [0.25, 0.3) is 0 Å². The fourth-order valence-electron chi connectivity index (χ4n) is 2.06. The van der Waals surface area contributed by atoms with Crippen molar-refractivity contribution in [3.8, 4) is 0 Å². The summed E-state index contributed by atoms with van der Waals surface area (Å²) in [5, 5.41) is 7.64. The number of thioether (sulfide) groups is 2. The molecule has 6 N–H and O–H groups in total. The van der Waals surface area contributed by atoms with E-state index < -0.39 is 0 Å². The molecule has 0 bridgehead atoms. The maximum absolute atomic E-state index is 5.73. The molecule has 0 atom stereocenters. The van der Waals surface area contributed by atoms with Gasteiger partial charge in [-0.25, -0.2) is 4.98 Å². The molecule has 0 aromatic carbocycles. The lowest BCUT2D eigenvalue weighted by Gasteiger charge is -2.09. The molecule has 0 unspecified atom stereocenters. The zero-order valence-corrected chi connectivity index (χ0v) is 17.2. The molecule has 0 saturated heterocycles. The van der Waals surface area contributed by atoms with Gasteiger partial charge in [-0.15, -0.1) is 0 Å². The summed E-state index contributed by atoms with van der Waals surface area (Å²) in [5.74, 6) is 3.81. The van der Waals surface area contributed by atoms with E-state index in [0.717, 1.165) is 28.9 Å². The third-order valence-electron chi connectivity index (χ3n) is 3.13. The number of aromatic nitrogens is 6. The first-order chi connectivity index (χ1) is 13.1. The van der Waals surface area contributed by atoms with Gasteiger partial charge in [0, 0.05) is 26.1 Å². The number of nitrogens with two attached hydrogens (primary N) is 2. The lowest BCUT2D eigenvalue weighted by atomic mass is 10.3. The largest absolute Gasteiger partial charge is 0.368 e. The molecule has 2 aromatic heterocycles. The van der Waals surface area contributed by atoms with Gasteiger partial charge in [-0.3, -0.25) is 0 Å². The molecule has 2 aromatic rings. The zero-order valence-electron chi connectivity index (χ0n) is 15.6. The highest BCUT2D eigenvalue weighted by Crippen LogP contribution is 2.16. The Morgan fingerprint density at radius 1 is 0.815 bits per heavy atom. The molecule has 27 heavy (non-hydrogen) atoms. The minimum absolute atomic E-state index is 0.220. The molecule has 0 spiro atoms. The maximum Gasteiger partial charge on any atom is 0.228 e. The summed E-state index contributed by atoms with van der Waals surface area (Å²) in [6.45, 7) is 5.92. The summed E-state index contributed by atoms with van der Waals surface area (Å²) in [7, 11) is 0. The van der Waals surface area contributed by atoms with Gasteiger partial charge in [-0.05, 0) is 17.9 Å². The molecule has 0 saturated carbocycles.